The summed E-state index contributed by atoms with van der Waals surface area (Å²) in [6, 6.07) is -0.545. The number of anilines is 1. The van der Waals surface area contributed by atoms with Crippen molar-refractivity contribution in [3.63, 3.8) is 0 Å². The van der Waals surface area contributed by atoms with Gasteiger partial charge in [-0.1, -0.05) is 6.08 Å². The van der Waals surface area contributed by atoms with Gasteiger partial charge < -0.3 is 25.2 Å². The second kappa shape index (κ2) is 4.51. The summed E-state index contributed by atoms with van der Waals surface area (Å²) < 4.78 is 1.65. The Bertz CT molecular complexity index is 670. The number of aliphatic hydroxyl groups excluding tert-OH is 2. The maximum atomic E-state index is 10.2. The zero-order valence-electron chi connectivity index (χ0n) is 10.8. The number of nitrogens with one attached hydrogen (secondary N) is 1. The van der Waals surface area contributed by atoms with E-state index in [0.29, 0.717) is 17.0 Å². The summed E-state index contributed by atoms with van der Waals surface area (Å²) in [5, 5.41) is 32.3. The van der Waals surface area contributed by atoms with Crippen molar-refractivity contribution in [1.29, 1.82) is 0 Å². The third kappa shape index (κ3) is 1.69. The minimum absolute atomic E-state index is 0.542. The SMILES string of the molecule is CNc1ncnc2c1ncn2[C@@H]1C=C[C@](O)(CO)[C@H]1O. The summed E-state index contributed by atoms with van der Waals surface area (Å²) in [4.78, 5) is 12.5. The van der Waals surface area contributed by atoms with Gasteiger partial charge >= 0.3 is 0 Å². The molecule has 0 fully saturated rings. The highest BCUT2D eigenvalue weighted by molar-refractivity contribution is 5.82. The van der Waals surface area contributed by atoms with Crippen LogP contribution >= 0.6 is 0 Å². The summed E-state index contributed by atoms with van der Waals surface area (Å²) in [7, 11) is 1.73. The van der Waals surface area contributed by atoms with E-state index in [2.05, 4.69) is 20.3 Å². The van der Waals surface area contributed by atoms with Crippen molar-refractivity contribution < 1.29 is 15.3 Å². The molecule has 8 heteroatoms. The standard InChI is InChI=1S/C12H15N5O3/c1-13-10-8-11(15-5-14-10)17(6-16-8)7-2-3-12(20,4-18)9(7)19/h2-3,5-7,9,18-20H,4H2,1H3,(H,13,14,15)/t7-,9+,12+/m1/s1. The molecular formula is C12H15N5O3. The van der Waals surface area contributed by atoms with Crippen molar-refractivity contribution in [2.24, 2.45) is 0 Å². The van der Waals surface area contributed by atoms with Gasteiger partial charge in [-0.25, -0.2) is 15.0 Å². The Morgan fingerprint density at radius 1 is 1.40 bits per heavy atom. The van der Waals surface area contributed by atoms with Gasteiger partial charge in [-0.3, -0.25) is 0 Å². The molecule has 2 aromatic heterocycles. The molecule has 0 saturated heterocycles. The maximum absolute atomic E-state index is 10.2. The Kier molecular flexibility index (Phi) is 2.93. The van der Waals surface area contributed by atoms with Gasteiger partial charge in [-0.2, -0.15) is 0 Å². The quantitative estimate of drug-likeness (QED) is 0.535. The fraction of sp³-hybridized carbons (Fsp3) is 0.417. The number of hydrogen-bond acceptors (Lipinski definition) is 7. The molecule has 20 heavy (non-hydrogen) atoms. The van der Waals surface area contributed by atoms with Crippen molar-refractivity contribution in [3.8, 4) is 0 Å². The van der Waals surface area contributed by atoms with E-state index in [9.17, 15) is 15.3 Å². The van der Waals surface area contributed by atoms with Crippen molar-refractivity contribution in [2.45, 2.75) is 17.7 Å². The monoisotopic (exact) mass is 277 g/mol. The van der Waals surface area contributed by atoms with Crippen LogP contribution in [-0.4, -0.2) is 60.2 Å². The normalized spacial score (nSPS) is 29.2. The molecule has 0 aliphatic heterocycles. The fourth-order valence-electron chi connectivity index (χ4n) is 2.41. The van der Waals surface area contributed by atoms with Gasteiger partial charge in [-0.15, -0.1) is 0 Å². The van der Waals surface area contributed by atoms with Crippen LogP contribution in [0.1, 0.15) is 6.04 Å². The molecule has 2 heterocycles. The highest BCUT2D eigenvalue weighted by Gasteiger charge is 2.43. The third-order valence-electron chi connectivity index (χ3n) is 3.59. The second-order valence-electron chi connectivity index (χ2n) is 4.74. The van der Waals surface area contributed by atoms with Crippen LogP contribution < -0.4 is 5.32 Å². The molecule has 4 N–H and O–H groups in total. The Morgan fingerprint density at radius 2 is 2.20 bits per heavy atom. The Balaban J connectivity index is 2.07. The largest absolute Gasteiger partial charge is 0.393 e. The van der Waals surface area contributed by atoms with E-state index in [0.717, 1.165) is 0 Å². The van der Waals surface area contributed by atoms with E-state index in [1.807, 2.05) is 0 Å². The van der Waals surface area contributed by atoms with Crippen LogP contribution in [0.25, 0.3) is 11.2 Å². The highest BCUT2D eigenvalue weighted by Crippen LogP contribution is 2.33. The Hall–Kier alpha value is -2.03. The maximum Gasteiger partial charge on any atom is 0.166 e. The minimum atomic E-state index is -1.64. The Morgan fingerprint density at radius 3 is 2.85 bits per heavy atom. The minimum Gasteiger partial charge on any atom is -0.393 e. The van der Waals surface area contributed by atoms with Crippen LogP contribution in [0.5, 0.6) is 0 Å². The predicted octanol–water partition coefficient (Wildman–Crippen LogP) is -0.937. The first-order chi connectivity index (χ1) is 9.60. The Labute approximate surface area is 114 Å². The molecular weight excluding hydrogens is 262 g/mol. The van der Waals surface area contributed by atoms with Gasteiger partial charge in [-0.05, 0) is 6.08 Å². The van der Waals surface area contributed by atoms with Gasteiger partial charge in [0.25, 0.3) is 0 Å². The molecule has 0 unspecified atom stereocenters. The van der Waals surface area contributed by atoms with Crippen LogP contribution in [0.3, 0.4) is 0 Å². The average molecular weight is 277 g/mol. The predicted molar refractivity (Wildman–Crippen MR) is 71.1 cm³/mol. The van der Waals surface area contributed by atoms with Crippen LogP contribution in [0, 0.1) is 0 Å². The first-order valence-corrected chi connectivity index (χ1v) is 6.16. The average Bonchev–Trinajstić information content (AvgIpc) is 3.02. The molecule has 8 nitrogen and oxygen atoms in total. The van der Waals surface area contributed by atoms with Gasteiger partial charge in [0.1, 0.15) is 23.5 Å². The molecule has 0 amide bonds. The first kappa shape index (κ1) is 13.0. The molecule has 0 radical (unpaired) electrons. The van der Waals surface area contributed by atoms with Crippen LogP contribution in [0.4, 0.5) is 5.82 Å². The number of nitrogens with zero attached hydrogens (tertiary/aromatic N) is 4. The third-order valence-corrected chi connectivity index (χ3v) is 3.59. The number of hydrogen-bond donors (Lipinski definition) is 4. The summed E-state index contributed by atoms with van der Waals surface area (Å²) in [6.45, 7) is -0.551. The highest BCUT2D eigenvalue weighted by atomic mass is 16.4. The van der Waals surface area contributed by atoms with Crippen LogP contribution in [-0.2, 0) is 0 Å². The van der Waals surface area contributed by atoms with Crippen molar-refractivity contribution >= 4 is 17.0 Å². The van der Waals surface area contributed by atoms with E-state index in [-0.39, 0.29) is 0 Å². The topological polar surface area (TPSA) is 116 Å². The number of imidazole rings is 1. The molecule has 3 atom stereocenters. The van der Waals surface area contributed by atoms with Crippen molar-refractivity contribution in [2.75, 3.05) is 19.0 Å². The van der Waals surface area contributed by atoms with E-state index < -0.39 is 24.4 Å². The lowest BCUT2D eigenvalue weighted by Crippen LogP contribution is -2.44. The molecule has 0 saturated carbocycles. The summed E-state index contributed by atoms with van der Waals surface area (Å²) in [6.07, 6.45) is 4.78. The molecule has 0 spiro atoms. The second-order valence-corrected chi connectivity index (χ2v) is 4.74. The first-order valence-electron chi connectivity index (χ1n) is 6.16. The molecule has 106 valence electrons. The van der Waals surface area contributed by atoms with Gasteiger partial charge in [0.15, 0.2) is 11.5 Å². The zero-order chi connectivity index (χ0) is 14.3. The van der Waals surface area contributed by atoms with Crippen LogP contribution in [0.2, 0.25) is 0 Å². The smallest absolute Gasteiger partial charge is 0.166 e. The van der Waals surface area contributed by atoms with E-state index in [1.54, 1.807) is 17.7 Å². The van der Waals surface area contributed by atoms with Crippen molar-refractivity contribution in [3.05, 3.63) is 24.8 Å². The van der Waals surface area contributed by atoms with E-state index in [4.69, 9.17) is 0 Å². The number of rotatable bonds is 3. The van der Waals surface area contributed by atoms with Gasteiger partial charge in [0, 0.05) is 7.05 Å². The number of aromatic nitrogens is 4. The number of fused-ring (bicyclic) bond motifs is 1. The van der Waals surface area contributed by atoms with Crippen molar-refractivity contribution in [1.82, 2.24) is 19.5 Å². The fourth-order valence-corrected chi connectivity index (χ4v) is 2.41. The summed E-state index contributed by atoms with van der Waals surface area (Å²) in [5.74, 6) is 0.586. The molecule has 1 aliphatic rings. The molecule has 2 aromatic rings. The molecule has 0 aromatic carbocycles. The summed E-state index contributed by atoms with van der Waals surface area (Å²) in [5.41, 5.74) is -0.518. The molecule has 3 rings (SSSR count). The lowest BCUT2D eigenvalue weighted by molar-refractivity contribution is -0.0737. The lowest BCUT2D eigenvalue weighted by Gasteiger charge is -2.27. The van der Waals surface area contributed by atoms with Crippen LogP contribution in [0.15, 0.2) is 24.8 Å². The molecule has 1 aliphatic carbocycles. The lowest BCUT2D eigenvalue weighted by atomic mass is 10.00. The zero-order valence-corrected chi connectivity index (χ0v) is 10.8. The number of aliphatic hydroxyl groups is 3. The molecule has 0 bridgehead atoms. The van der Waals surface area contributed by atoms with E-state index >= 15 is 0 Å². The van der Waals surface area contributed by atoms with E-state index in [1.165, 1.54) is 18.7 Å². The summed E-state index contributed by atoms with van der Waals surface area (Å²) >= 11 is 0. The van der Waals surface area contributed by atoms with Gasteiger partial charge in [0.2, 0.25) is 0 Å². The van der Waals surface area contributed by atoms with Gasteiger partial charge in [0.05, 0.1) is 19.0 Å².